The van der Waals surface area contributed by atoms with E-state index in [1.54, 1.807) is 0 Å². The van der Waals surface area contributed by atoms with Crippen molar-refractivity contribution in [2.75, 3.05) is 6.79 Å². The fourth-order valence-corrected chi connectivity index (χ4v) is 2.56. The highest BCUT2D eigenvalue weighted by molar-refractivity contribution is 9.10. The predicted molar refractivity (Wildman–Crippen MR) is 55.4 cm³/mol. The molecule has 0 aromatic heterocycles. The van der Waals surface area contributed by atoms with Gasteiger partial charge in [-0.15, -0.1) is 0 Å². The Balaban J connectivity index is 2.15. The van der Waals surface area contributed by atoms with Crippen LogP contribution in [0.1, 0.15) is 18.4 Å². The molecule has 1 fully saturated rings. The van der Waals surface area contributed by atoms with E-state index < -0.39 is 0 Å². The molecule has 3 rings (SSSR count). The molecule has 2 aliphatic rings. The molecule has 1 saturated carbocycles. The minimum absolute atomic E-state index is 0.139. The zero-order chi connectivity index (χ0) is 9.76. The van der Waals surface area contributed by atoms with E-state index in [9.17, 15) is 0 Å². The normalized spacial score (nSPS) is 21.0. The van der Waals surface area contributed by atoms with Gasteiger partial charge in [-0.3, -0.25) is 0 Å². The summed E-state index contributed by atoms with van der Waals surface area (Å²) in [4.78, 5) is 0. The molecule has 0 radical (unpaired) electrons. The van der Waals surface area contributed by atoms with Gasteiger partial charge in [0.05, 0.1) is 4.47 Å². The van der Waals surface area contributed by atoms with Gasteiger partial charge in [-0.1, -0.05) is 6.07 Å². The number of fused-ring (bicyclic) bond motifs is 1. The minimum atomic E-state index is -0.139. The lowest BCUT2D eigenvalue weighted by molar-refractivity contribution is 0.173. The largest absolute Gasteiger partial charge is 0.454 e. The molecule has 1 aromatic rings. The van der Waals surface area contributed by atoms with Gasteiger partial charge in [0.1, 0.15) is 0 Å². The molecule has 0 atom stereocenters. The maximum Gasteiger partial charge on any atom is 0.231 e. The van der Waals surface area contributed by atoms with Crippen LogP contribution in [0, 0.1) is 0 Å². The summed E-state index contributed by atoms with van der Waals surface area (Å²) >= 11 is 3.52. The number of halogens is 1. The number of benzene rings is 1. The van der Waals surface area contributed by atoms with E-state index in [1.807, 2.05) is 12.1 Å². The molecule has 0 saturated heterocycles. The number of rotatable bonds is 1. The van der Waals surface area contributed by atoms with Crippen molar-refractivity contribution >= 4 is 15.9 Å². The summed E-state index contributed by atoms with van der Waals surface area (Å²) in [7, 11) is 0. The van der Waals surface area contributed by atoms with E-state index in [4.69, 9.17) is 15.2 Å². The Morgan fingerprint density at radius 1 is 1.29 bits per heavy atom. The lowest BCUT2D eigenvalue weighted by atomic mass is 10.1. The first-order valence-corrected chi connectivity index (χ1v) is 5.37. The fraction of sp³-hybridized carbons (Fsp3) is 0.400. The summed E-state index contributed by atoms with van der Waals surface area (Å²) < 4.78 is 11.6. The molecule has 0 unspecified atom stereocenters. The third kappa shape index (κ3) is 1.07. The summed E-state index contributed by atoms with van der Waals surface area (Å²) in [5.41, 5.74) is 7.12. The van der Waals surface area contributed by atoms with E-state index in [1.165, 1.54) is 0 Å². The van der Waals surface area contributed by atoms with Gasteiger partial charge >= 0.3 is 0 Å². The van der Waals surface area contributed by atoms with Crippen LogP contribution in [0.15, 0.2) is 16.6 Å². The SMILES string of the molecule is NC1(c2ccc3c(c2Br)OCO3)CC1. The lowest BCUT2D eigenvalue weighted by Gasteiger charge is -2.12. The number of hydrogen-bond donors (Lipinski definition) is 1. The second-order valence-electron chi connectivity index (χ2n) is 3.82. The molecule has 3 nitrogen and oxygen atoms in total. The maximum absolute atomic E-state index is 6.14. The quantitative estimate of drug-likeness (QED) is 0.837. The Labute approximate surface area is 90.3 Å². The maximum atomic E-state index is 6.14. The first-order valence-electron chi connectivity index (χ1n) is 4.58. The second-order valence-corrected chi connectivity index (χ2v) is 4.61. The van der Waals surface area contributed by atoms with Crippen LogP contribution in [0.3, 0.4) is 0 Å². The van der Waals surface area contributed by atoms with Gasteiger partial charge < -0.3 is 15.2 Å². The van der Waals surface area contributed by atoms with Gasteiger partial charge in [-0.05, 0) is 40.4 Å². The minimum Gasteiger partial charge on any atom is -0.454 e. The zero-order valence-electron chi connectivity index (χ0n) is 7.55. The first kappa shape index (κ1) is 8.56. The van der Waals surface area contributed by atoms with E-state index >= 15 is 0 Å². The number of ether oxygens (including phenoxy) is 2. The summed E-state index contributed by atoms with van der Waals surface area (Å²) in [5, 5.41) is 0. The Kier molecular flexibility index (Phi) is 1.61. The van der Waals surface area contributed by atoms with Crippen molar-refractivity contribution in [3.8, 4) is 11.5 Å². The second kappa shape index (κ2) is 2.64. The molecule has 0 amide bonds. The molecule has 14 heavy (non-hydrogen) atoms. The standard InChI is InChI=1S/C10H10BrNO2/c11-8-6(10(12)3-4-10)1-2-7-9(8)14-5-13-7/h1-2H,3-5,12H2. The summed E-state index contributed by atoms with van der Waals surface area (Å²) in [5.74, 6) is 1.59. The molecule has 4 heteroatoms. The van der Waals surface area contributed by atoms with Crippen LogP contribution in [0.25, 0.3) is 0 Å². The van der Waals surface area contributed by atoms with Crippen LogP contribution in [0.4, 0.5) is 0 Å². The molecule has 1 aliphatic carbocycles. The zero-order valence-corrected chi connectivity index (χ0v) is 9.13. The molecular weight excluding hydrogens is 246 g/mol. The van der Waals surface area contributed by atoms with Crippen LogP contribution >= 0.6 is 15.9 Å². The monoisotopic (exact) mass is 255 g/mol. The fourth-order valence-electron chi connectivity index (χ4n) is 1.73. The molecule has 0 spiro atoms. The van der Waals surface area contributed by atoms with Crippen LogP contribution in [0.2, 0.25) is 0 Å². The van der Waals surface area contributed by atoms with Crippen LogP contribution in [0.5, 0.6) is 11.5 Å². The first-order chi connectivity index (χ1) is 6.71. The number of hydrogen-bond acceptors (Lipinski definition) is 3. The molecule has 0 bridgehead atoms. The molecule has 1 aromatic carbocycles. The van der Waals surface area contributed by atoms with Gasteiger partial charge in [-0.2, -0.15) is 0 Å². The van der Waals surface area contributed by atoms with Gasteiger partial charge in [0, 0.05) is 5.54 Å². The van der Waals surface area contributed by atoms with Crippen LogP contribution in [-0.2, 0) is 5.54 Å². The van der Waals surface area contributed by atoms with Gasteiger partial charge in [0.15, 0.2) is 11.5 Å². The summed E-state index contributed by atoms with van der Waals surface area (Å²) in [6, 6.07) is 3.94. The third-order valence-corrected chi connectivity index (χ3v) is 3.59. The smallest absolute Gasteiger partial charge is 0.231 e. The van der Waals surface area contributed by atoms with Crippen molar-refractivity contribution in [3.05, 3.63) is 22.2 Å². The average molecular weight is 256 g/mol. The summed E-state index contributed by atoms with van der Waals surface area (Å²) in [6.07, 6.45) is 2.09. The van der Waals surface area contributed by atoms with Crippen molar-refractivity contribution in [2.45, 2.75) is 18.4 Å². The van der Waals surface area contributed by atoms with Crippen molar-refractivity contribution in [1.82, 2.24) is 0 Å². The Morgan fingerprint density at radius 2 is 2.07 bits per heavy atom. The number of nitrogens with two attached hydrogens (primary N) is 1. The van der Waals surface area contributed by atoms with E-state index in [2.05, 4.69) is 15.9 Å². The predicted octanol–water partition coefficient (Wildman–Crippen LogP) is 2.13. The average Bonchev–Trinajstić information content (AvgIpc) is 2.75. The van der Waals surface area contributed by atoms with E-state index in [0.717, 1.165) is 34.4 Å². The van der Waals surface area contributed by atoms with Crippen molar-refractivity contribution in [2.24, 2.45) is 5.73 Å². The highest BCUT2D eigenvalue weighted by atomic mass is 79.9. The molecular formula is C10H10BrNO2. The molecule has 1 heterocycles. The van der Waals surface area contributed by atoms with Gasteiger partial charge in [0.25, 0.3) is 0 Å². The van der Waals surface area contributed by atoms with Gasteiger partial charge in [-0.25, -0.2) is 0 Å². The third-order valence-electron chi connectivity index (χ3n) is 2.80. The van der Waals surface area contributed by atoms with Gasteiger partial charge in [0.2, 0.25) is 6.79 Å². The van der Waals surface area contributed by atoms with Crippen LogP contribution < -0.4 is 15.2 Å². The topological polar surface area (TPSA) is 44.5 Å². The lowest BCUT2D eigenvalue weighted by Crippen LogP contribution is -2.19. The Bertz CT molecular complexity index is 401. The highest BCUT2D eigenvalue weighted by Crippen LogP contribution is 2.50. The van der Waals surface area contributed by atoms with Crippen LogP contribution in [-0.4, -0.2) is 6.79 Å². The molecule has 2 N–H and O–H groups in total. The molecule has 1 aliphatic heterocycles. The van der Waals surface area contributed by atoms with Crippen molar-refractivity contribution < 1.29 is 9.47 Å². The van der Waals surface area contributed by atoms with E-state index in [-0.39, 0.29) is 5.54 Å². The Morgan fingerprint density at radius 3 is 2.79 bits per heavy atom. The van der Waals surface area contributed by atoms with E-state index in [0.29, 0.717) is 6.79 Å². The van der Waals surface area contributed by atoms with Crippen molar-refractivity contribution in [3.63, 3.8) is 0 Å². The highest BCUT2D eigenvalue weighted by Gasteiger charge is 2.42. The van der Waals surface area contributed by atoms with Crippen molar-refractivity contribution in [1.29, 1.82) is 0 Å². The molecule has 74 valence electrons. The summed E-state index contributed by atoms with van der Waals surface area (Å²) in [6.45, 7) is 0.301. The Hall–Kier alpha value is -0.740.